The van der Waals surface area contributed by atoms with E-state index in [2.05, 4.69) is 0 Å². The zero-order valence-corrected chi connectivity index (χ0v) is 8.78. The van der Waals surface area contributed by atoms with Crippen molar-refractivity contribution < 1.29 is 19.0 Å². The zero-order valence-electron chi connectivity index (χ0n) is 8.78. The van der Waals surface area contributed by atoms with Gasteiger partial charge in [0, 0.05) is 31.6 Å². The van der Waals surface area contributed by atoms with E-state index in [1.54, 1.807) is 18.2 Å². The Morgan fingerprint density at radius 3 is 2.56 bits per heavy atom. The van der Waals surface area contributed by atoms with Gasteiger partial charge in [0.25, 0.3) is 0 Å². The highest BCUT2D eigenvalue weighted by atomic mass is 19.1. The molecule has 0 atom stereocenters. The molecular formula is C12H13FO3. The summed E-state index contributed by atoms with van der Waals surface area (Å²) in [6, 6.07) is 6.26. The van der Waals surface area contributed by atoms with Gasteiger partial charge in [0.2, 0.25) is 0 Å². The monoisotopic (exact) mass is 224 g/mol. The highest BCUT2D eigenvalue weighted by Gasteiger charge is 2.37. The Bertz CT molecular complexity index is 397. The van der Waals surface area contributed by atoms with Gasteiger partial charge < -0.3 is 9.84 Å². The first-order valence-corrected chi connectivity index (χ1v) is 5.23. The molecule has 1 aliphatic heterocycles. The van der Waals surface area contributed by atoms with Crippen LogP contribution in [-0.2, 0) is 10.4 Å². The summed E-state index contributed by atoms with van der Waals surface area (Å²) in [5.74, 6) is -1.08. The highest BCUT2D eigenvalue weighted by Crippen LogP contribution is 2.37. The number of carboxylic acid groups (broad SMARTS) is 1. The van der Waals surface area contributed by atoms with Gasteiger partial charge >= 0.3 is 5.97 Å². The van der Waals surface area contributed by atoms with Gasteiger partial charge in [-0.05, 0) is 6.07 Å². The summed E-state index contributed by atoms with van der Waals surface area (Å²) in [4.78, 5) is 11.0. The third-order valence-corrected chi connectivity index (χ3v) is 2.93. The van der Waals surface area contributed by atoms with Crippen LogP contribution in [-0.4, -0.2) is 24.3 Å². The Morgan fingerprint density at radius 2 is 1.94 bits per heavy atom. The number of hydrogen-bond donors (Lipinski definition) is 1. The molecule has 0 bridgehead atoms. The van der Waals surface area contributed by atoms with Crippen LogP contribution in [0.15, 0.2) is 24.3 Å². The number of benzene rings is 1. The summed E-state index contributed by atoms with van der Waals surface area (Å²) in [7, 11) is 0. The smallest absolute Gasteiger partial charge is 0.336 e. The number of aromatic carboxylic acids is 1. The summed E-state index contributed by atoms with van der Waals surface area (Å²) >= 11 is 0. The van der Waals surface area contributed by atoms with Crippen molar-refractivity contribution in [2.75, 3.05) is 13.2 Å². The van der Waals surface area contributed by atoms with Gasteiger partial charge in [-0.2, -0.15) is 0 Å². The highest BCUT2D eigenvalue weighted by molar-refractivity contribution is 5.89. The summed E-state index contributed by atoms with van der Waals surface area (Å²) in [6.07, 6.45) is 0.439. The Hall–Kier alpha value is -1.42. The topological polar surface area (TPSA) is 46.5 Å². The molecule has 0 spiro atoms. The fourth-order valence-corrected chi connectivity index (χ4v) is 2.02. The van der Waals surface area contributed by atoms with E-state index in [-0.39, 0.29) is 24.0 Å². The minimum absolute atomic E-state index is 0.0481. The van der Waals surface area contributed by atoms with Gasteiger partial charge in [-0.25, -0.2) is 9.18 Å². The van der Waals surface area contributed by atoms with Crippen LogP contribution in [0, 0.1) is 0 Å². The van der Waals surface area contributed by atoms with E-state index < -0.39 is 11.6 Å². The van der Waals surface area contributed by atoms with Crippen molar-refractivity contribution in [1.29, 1.82) is 0 Å². The predicted octanol–water partition coefficient (Wildman–Crippen LogP) is 2.36. The SMILES string of the molecule is O=C(O)c1ccccc1C1(F)CCOCC1. The van der Waals surface area contributed by atoms with Crippen LogP contribution >= 0.6 is 0 Å². The number of rotatable bonds is 2. The Balaban J connectivity index is 2.42. The molecule has 86 valence electrons. The average Bonchev–Trinajstić information content (AvgIpc) is 2.30. The minimum Gasteiger partial charge on any atom is -0.478 e. The average molecular weight is 224 g/mol. The van der Waals surface area contributed by atoms with Crippen LogP contribution in [0.2, 0.25) is 0 Å². The maximum atomic E-state index is 14.6. The molecule has 0 amide bonds. The molecule has 0 unspecified atom stereocenters. The lowest BCUT2D eigenvalue weighted by Crippen LogP contribution is -2.31. The van der Waals surface area contributed by atoms with Crippen LogP contribution in [0.5, 0.6) is 0 Å². The number of alkyl halides is 1. The first kappa shape index (κ1) is 11.1. The zero-order chi connectivity index (χ0) is 11.6. The normalized spacial score (nSPS) is 19.3. The summed E-state index contributed by atoms with van der Waals surface area (Å²) in [6.45, 7) is 0.676. The van der Waals surface area contributed by atoms with Gasteiger partial charge in [-0.3, -0.25) is 0 Å². The van der Waals surface area contributed by atoms with Crippen molar-refractivity contribution in [1.82, 2.24) is 0 Å². The molecule has 3 nitrogen and oxygen atoms in total. The molecule has 0 aromatic heterocycles. The van der Waals surface area contributed by atoms with Gasteiger partial charge in [-0.15, -0.1) is 0 Å². The molecule has 1 heterocycles. The third-order valence-electron chi connectivity index (χ3n) is 2.93. The van der Waals surface area contributed by atoms with E-state index in [1.807, 2.05) is 0 Å². The summed E-state index contributed by atoms with van der Waals surface area (Å²) < 4.78 is 19.7. The standard InChI is InChI=1S/C12H13FO3/c13-12(5-7-16-8-6-12)10-4-2-1-3-9(10)11(14)15/h1-4H,5-8H2,(H,14,15). The molecule has 0 saturated carbocycles. The Morgan fingerprint density at radius 1 is 1.31 bits per heavy atom. The van der Waals surface area contributed by atoms with E-state index in [1.165, 1.54) is 6.07 Å². The van der Waals surface area contributed by atoms with Crippen LogP contribution in [0.3, 0.4) is 0 Å². The van der Waals surface area contributed by atoms with E-state index in [0.717, 1.165) is 0 Å². The number of hydrogen-bond acceptors (Lipinski definition) is 2. The maximum Gasteiger partial charge on any atom is 0.336 e. The van der Waals surface area contributed by atoms with Gasteiger partial charge in [0.15, 0.2) is 0 Å². The predicted molar refractivity (Wildman–Crippen MR) is 56.2 cm³/mol. The molecule has 1 saturated heterocycles. The third kappa shape index (κ3) is 1.93. The first-order chi connectivity index (χ1) is 7.63. The number of halogens is 1. The first-order valence-electron chi connectivity index (χ1n) is 5.23. The van der Waals surface area contributed by atoms with Crippen LogP contribution in [0.1, 0.15) is 28.8 Å². The summed E-state index contributed by atoms with van der Waals surface area (Å²) in [5, 5.41) is 9.01. The second-order valence-electron chi connectivity index (χ2n) is 3.93. The van der Waals surface area contributed by atoms with E-state index in [9.17, 15) is 9.18 Å². The van der Waals surface area contributed by atoms with E-state index in [4.69, 9.17) is 9.84 Å². The lowest BCUT2D eigenvalue weighted by molar-refractivity contribution is -0.0122. The van der Waals surface area contributed by atoms with Crippen molar-refractivity contribution in [3.8, 4) is 0 Å². The van der Waals surface area contributed by atoms with Gasteiger partial charge in [0.1, 0.15) is 5.67 Å². The molecule has 2 rings (SSSR count). The molecule has 0 aliphatic carbocycles. The van der Waals surface area contributed by atoms with E-state index in [0.29, 0.717) is 13.2 Å². The molecule has 1 aromatic carbocycles. The van der Waals surface area contributed by atoms with Crippen LogP contribution in [0.4, 0.5) is 4.39 Å². The Kier molecular flexibility index (Phi) is 2.92. The van der Waals surface area contributed by atoms with E-state index >= 15 is 0 Å². The fraction of sp³-hybridized carbons (Fsp3) is 0.417. The lowest BCUT2D eigenvalue weighted by atomic mass is 9.85. The maximum absolute atomic E-state index is 14.6. The van der Waals surface area contributed by atoms with Crippen molar-refractivity contribution in [3.63, 3.8) is 0 Å². The van der Waals surface area contributed by atoms with Gasteiger partial charge in [-0.1, -0.05) is 18.2 Å². The second-order valence-corrected chi connectivity index (χ2v) is 3.93. The molecule has 0 radical (unpaired) electrons. The number of carboxylic acids is 1. The molecule has 1 fully saturated rings. The fourth-order valence-electron chi connectivity index (χ4n) is 2.02. The number of carbonyl (C=O) groups is 1. The minimum atomic E-state index is -1.56. The molecule has 1 aliphatic rings. The van der Waals surface area contributed by atoms with Crippen molar-refractivity contribution in [2.45, 2.75) is 18.5 Å². The molecule has 16 heavy (non-hydrogen) atoms. The molecule has 1 aromatic rings. The van der Waals surface area contributed by atoms with Crippen LogP contribution < -0.4 is 0 Å². The largest absolute Gasteiger partial charge is 0.478 e. The molecule has 1 N–H and O–H groups in total. The van der Waals surface area contributed by atoms with Crippen molar-refractivity contribution >= 4 is 5.97 Å². The summed E-state index contributed by atoms with van der Waals surface area (Å²) in [5.41, 5.74) is -1.24. The molecular weight excluding hydrogens is 211 g/mol. The Labute approximate surface area is 92.9 Å². The quantitative estimate of drug-likeness (QED) is 0.838. The van der Waals surface area contributed by atoms with Crippen molar-refractivity contribution in [2.24, 2.45) is 0 Å². The van der Waals surface area contributed by atoms with Crippen LogP contribution in [0.25, 0.3) is 0 Å². The number of ether oxygens (including phenoxy) is 1. The lowest BCUT2D eigenvalue weighted by Gasteiger charge is -2.30. The second kappa shape index (κ2) is 4.22. The van der Waals surface area contributed by atoms with Gasteiger partial charge in [0.05, 0.1) is 5.56 Å². The molecule has 4 heteroatoms. The van der Waals surface area contributed by atoms with Crippen molar-refractivity contribution in [3.05, 3.63) is 35.4 Å².